The van der Waals surface area contributed by atoms with Crippen LogP contribution >= 0.6 is 0 Å². The molecule has 1 amide bonds. The van der Waals surface area contributed by atoms with Crippen molar-refractivity contribution in [2.75, 3.05) is 5.43 Å². The first-order valence-electron chi connectivity index (χ1n) is 5.66. The first-order chi connectivity index (χ1) is 9.08. The van der Waals surface area contributed by atoms with E-state index in [1.807, 2.05) is 0 Å². The summed E-state index contributed by atoms with van der Waals surface area (Å²) in [6.07, 6.45) is 1.58. The van der Waals surface area contributed by atoms with Crippen molar-refractivity contribution in [1.82, 2.24) is 25.1 Å². The summed E-state index contributed by atoms with van der Waals surface area (Å²) in [5, 5.41) is 6.81. The van der Waals surface area contributed by atoms with Crippen LogP contribution in [0.15, 0.2) is 18.5 Å². The zero-order valence-electron chi connectivity index (χ0n) is 10.7. The van der Waals surface area contributed by atoms with E-state index in [1.165, 1.54) is 0 Å². The molecule has 19 heavy (non-hydrogen) atoms. The van der Waals surface area contributed by atoms with Crippen molar-refractivity contribution >= 4 is 11.7 Å². The molecule has 0 aliphatic rings. The molecule has 2 heterocycles. The zero-order valence-corrected chi connectivity index (χ0v) is 10.7. The number of nitrogens with two attached hydrogens (primary N) is 1. The Bertz CT molecular complexity index is 592. The second-order valence-corrected chi connectivity index (χ2v) is 4.04. The van der Waals surface area contributed by atoms with Gasteiger partial charge in [0.2, 0.25) is 0 Å². The van der Waals surface area contributed by atoms with Gasteiger partial charge in [0.05, 0.1) is 6.54 Å². The number of amides is 1. The highest BCUT2D eigenvalue weighted by Gasteiger charge is 2.09. The van der Waals surface area contributed by atoms with Gasteiger partial charge in [-0.1, -0.05) is 0 Å². The molecule has 2 aromatic rings. The standard InChI is InChI=1S/C11H15N7O/c1-7-3-8(4-9(15-7)16-12)11(19)13-5-10-14-6-18(2)17-10/h3-4,6H,5,12H2,1-2H3,(H,13,19)(H,15,16). The van der Waals surface area contributed by atoms with E-state index in [0.717, 1.165) is 0 Å². The first kappa shape index (κ1) is 13.0. The van der Waals surface area contributed by atoms with Gasteiger partial charge >= 0.3 is 0 Å². The highest BCUT2D eigenvalue weighted by atomic mass is 16.1. The number of hydrazine groups is 1. The van der Waals surface area contributed by atoms with Gasteiger partial charge in [0, 0.05) is 18.3 Å². The van der Waals surface area contributed by atoms with Crippen molar-refractivity contribution < 1.29 is 4.79 Å². The van der Waals surface area contributed by atoms with Gasteiger partial charge in [-0.15, -0.1) is 0 Å². The number of aryl methyl sites for hydroxylation is 2. The molecule has 0 radical (unpaired) electrons. The Labute approximate surface area is 110 Å². The maximum absolute atomic E-state index is 12.0. The van der Waals surface area contributed by atoms with Gasteiger partial charge in [0.15, 0.2) is 5.82 Å². The van der Waals surface area contributed by atoms with Crippen molar-refractivity contribution in [1.29, 1.82) is 0 Å². The number of pyridine rings is 1. The number of carbonyl (C=O) groups is 1. The van der Waals surface area contributed by atoms with Crippen LogP contribution in [0, 0.1) is 6.92 Å². The Morgan fingerprint density at radius 2 is 2.26 bits per heavy atom. The van der Waals surface area contributed by atoms with Crippen LogP contribution in [0.1, 0.15) is 21.9 Å². The van der Waals surface area contributed by atoms with Crippen LogP contribution in [-0.4, -0.2) is 25.7 Å². The lowest BCUT2D eigenvalue weighted by Gasteiger charge is -2.06. The fraction of sp³-hybridized carbons (Fsp3) is 0.273. The second kappa shape index (κ2) is 5.44. The molecule has 0 bridgehead atoms. The van der Waals surface area contributed by atoms with Gasteiger partial charge in [0.1, 0.15) is 12.1 Å². The number of carbonyl (C=O) groups excluding carboxylic acids is 1. The van der Waals surface area contributed by atoms with Crippen LogP contribution in [0.25, 0.3) is 0 Å². The molecule has 100 valence electrons. The summed E-state index contributed by atoms with van der Waals surface area (Å²) in [4.78, 5) is 20.1. The smallest absolute Gasteiger partial charge is 0.251 e. The average Bonchev–Trinajstić information content (AvgIpc) is 2.81. The molecule has 0 saturated heterocycles. The van der Waals surface area contributed by atoms with Crippen LogP contribution in [-0.2, 0) is 13.6 Å². The predicted octanol–water partition coefficient (Wildman–Crippen LogP) is -0.266. The van der Waals surface area contributed by atoms with E-state index in [9.17, 15) is 4.79 Å². The molecular weight excluding hydrogens is 246 g/mol. The molecule has 2 aromatic heterocycles. The van der Waals surface area contributed by atoms with E-state index in [2.05, 4.69) is 25.8 Å². The molecule has 0 unspecified atom stereocenters. The highest BCUT2D eigenvalue weighted by molar-refractivity contribution is 5.94. The molecule has 0 aromatic carbocycles. The Morgan fingerprint density at radius 3 is 2.89 bits per heavy atom. The quantitative estimate of drug-likeness (QED) is 0.516. The largest absolute Gasteiger partial charge is 0.345 e. The number of rotatable bonds is 4. The Morgan fingerprint density at radius 1 is 1.47 bits per heavy atom. The van der Waals surface area contributed by atoms with Crippen LogP contribution in [0.2, 0.25) is 0 Å². The summed E-state index contributed by atoms with van der Waals surface area (Å²) in [6.45, 7) is 2.06. The van der Waals surface area contributed by atoms with Crippen LogP contribution in [0.4, 0.5) is 5.82 Å². The topological polar surface area (TPSA) is 111 Å². The van der Waals surface area contributed by atoms with Gasteiger partial charge < -0.3 is 10.7 Å². The molecule has 0 fully saturated rings. The third-order valence-corrected chi connectivity index (χ3v) is 2.42. The molecular formula is C11H15N7O. The van der Waals surface area contributed by atoms with E-state index < -0.39 is 0 Å². The first-order valence-corrected chi connectivity index (χ1v) is 5.66. The number of anilines is 1. The summed E-state index contributed by atoms with van der Waals surface area (Å²) < 4.78 is 1.58. The number of nitrogen functional groups attached to an aromatic ring is 1. The molecule has 4 N–H and O–H groups in total. The fourth-order valence-electron chi connectivity index (χ4n) is 1.60. The van der Waals surface area contributed by atoms with Crippen LogP contribution in [0.3, 0.4) is 0 Å². The van der Waals surface area contributed by atoms with Crippen LogP contribution < -0.4 is 16.6 Å². The molecule has 0 atom stereocenters. The lowest BCUT2D eigenvalue weighted by atomic mass is 10.2. The van der Waals surface area contributed by atoms with E-state index in [1.54, 1.807) is 37.1 Å². The van der Waals surface area contributed by atoms with Crippen molar-refractivity contribution in [3.05, 3.63) is 35.5 Å². The van der Waals surface area contributed by atoms with Gasteiger partial charge in [0.25, 0.3) is 5.91 Å². The summed E-state index contributed by atoms with van der Waals surface area (Å²) in [5.41, 5.74) is 3.61. The number of nitrogens with zero attached hydrogens (tertiary/aromatic N) is 4. The average molecular weight is 261 g/mol. The summed E-state index contributed by atoms with van der Waals surface area (Å²) >= 11 is 0. The van der Waals surface area contributed by atoms with Crippen molar-refractivity contribution in [2.45, 2.75) is 13.5 Å². The SMILES string of the molecule is Cc1cc(C(=O)NCc2ncn(C)n2)cc(NN)n1. The van der Waals surface area contributed by atoms with Crippen molar-refractivity contribution in [3.8, 4) is 0 Å². The summed E-state index contributed by atoms with van der Waals surface area (Å²) in [6, 6.07) is 3.26. The molecule has 8 nitrogen and oxygen atoms in total. The number of hydrogen-bond acceptors (Lipinski definition) is 6. The Balaban J connectivity index is 2.05. The van der Waals surface area contributed by atoms with Crippen molar-refractivity contribution in [2.24, 2.45) is 12.9 Å². The second-order valence-electron chi connectivity index (χ2n) is 4.04. The lowest BCUT2D eigenvalue weighted by molar-refractivity contribution is 0.0949. The number of nitrogens with one attached hydrogen (secondary N) is 2. The number of aromatic nitrogens is 4. The maximum Gasteiger partial charge on any atom is 0.251 e. The highest BCUT2D eigenvalue weighted by Crippen LogP contribution is 2.09. The monoisotopic (exact) mass is 261 g/mol. The van der Waals surface area contributed by atoms with Gasteiger partial charge in [-0.25, -0.2) is 15.8 Å². The molecule has 2 rings (SSSR count). The van der Waals surface area contributed by atoms with Gasteiger partial charge in [-0.05, 0) is 19.1 Å². The van der Waals surface area contributed by atoms with Crippen molar-refractivity contribution in [3.63, 3.8) is 0 Å². The van der Waals surface area contributed by atoms with E-state index in [0.29, 0.717) is 22.9 Å². The maximum atomic E-state index is 12.0. The van der Waals surface area contributed by atoms with E-state index in [4.69, 9.17) is 5.84 Å². The Hall–Kier alpha value is -2.48. The summed E-state index contributed by atoms with van der Waals surface area (Å²) in [7, 11) is 1.77. The number of hydrogen-bond donors (Lipinski definition) is 3. The molecule has 0 aliphatic heterocycles. The van der Waals surface area contributed by atoms with E-state index >= 15 is 0 Å². The minimum Gasteiger partial charge on any atom is -0.345 e. The molecule has 0 spiro atoms. The normalized spacial score (nSPS) is 10.3. The lowest BCUT2D eigenvalue weighted by Crippen LogP contribution is -2.24. The molecule has 0 saturated carbocycles. The van der Waals surface area contributed by atoms with E-state index in [-0.39, 0.29) is 12.5 Å². The summed E-state index contributed by atoms with van der Waals surface area (Å²) in [5.74, 6) is 6.06. The predicted molar refractivity (Wildman–Crippen MR) is 69.0 cm³/mol. The zero-order chi connectivity index (χ0) is 13.8. The third-order valence-electron chi connectivity index (χ3n) is 2.42. The fourth-order valence-corrected chi connectivity index (χ4v) is 1.60. The van der Waals surface area contributed by atoms with Crippen LogP contribution in [0.5, 0.6) is 0 Å². The minimum atomic E-state index is -0.227. The third kappa shape index (κ3) is 3.26. The molecule has 0 aliphatic carbocycles. The minimum absolute atomic E-state index is 0.227. The molecule has 8 heteroatoms. The van der Waals surface area contributed by atoms with Gasteiger partial charge in [-0.2, -0.15) is 5.10 Å². The van der Waals surface area contributed by atoms with Gasteiger partial charge in [-0.3, -0.25) is 9.48 Å². The Kier molecular flexibility index (Phi) is 3.71.